The fraction of sp³-hybridized carbons (Fsp3) is 0.417. The van der Waals surface area contributed by atoms with Crippen molar-refractivity contribution >= 4 is 32.6 Å². The van der Waals surface area contributed by atoms with E-state index in [1.807, 2.05) is 24.0 Å². The number of hydrogen-bond donors (Lipinski definition) is 0. The van der Waals surface area contributed by atoms with Gasteiger partial charge in [0.25, 0.3) is 5.91 Å². The van der Waals surface area contributed by atoms with Crippen molar-refractivity contribution in [2.24, 2.45) is 0 Å². The summed E-state index contributed by atoms with van der Waals surface area (Å²) in [4.78, 5) is 22.8. The van der Waals surface area contributed by atoms with Gasteiger partial charge in [-0.2, -0.15) is 0 Å². The van der Waals surface area contributed by atoms with Crippen LogP contribution < -0.4 is 4.90 Å². The summed E-state index contributed by atoms with van der Waals surface area (Å²) in [6, 6.07) is 10.3. The molecule has 1 aliphatic rings. The predicted molar refractivity (Wildman–Crippen MR) is 124 cm³/mol. The maximum absolute atomic E-state index is 13.6. The number of hydrogen-bond acceptors (Lipinski definition) is 5. The van der Waals surface area contributed by atoms with Crippen molar-refractivity contribution < 1.29 is 9.53 Å². The molecule has 1 fully saturated rings. The Morgan fingerprint density at radius 3 is 2.60 bits per heavy atom. The van der Waals surface area contributed by atoms with Crippen LogP contribution in [0.5, 0.6) is 0 Å². The number of aryl methyl sites for hydroxylation is 4. The highest BCUT2D eigenvalue weighted by molar-refractivity contribution is 7.22. The average molecular weight is 424 g/mol. The minimum Gasteiger partial charge on any atom is -0.379 e. The summed E-state index contributed by atoms with van der Waals surface area (Å²) in [6.45, 7) is 13.0. The van der Waals surface area contributed by atoms with Crippen LogP contribution >= 0.6 is 11.3 Å². The summed E-state index contributed by atoms with van der Waals surface area (Å²) in [5.74, 6) is 0.0224. The lowest BCUT2D eigenvalue weighted by Gasteiger charge is -2.29. The minimum absolute atomic E-state index is 0.0224. The van der Waals surface area contributed by atoms with Crippen LogP contribution in [0.15, 0.2) is 30.3 Å². The second-order valence-corrected chi connectivity index (χ2v) is 9.09. The lowest BCUT2D eigenvalue weighted by atomic mass is 10.0. The van der Waals surface area contributed by atoms with Crippen molar-refractivity contribution in [2.45, 2.75) is 27.7 Å². The molecule has 0 spiro atoms. The molecule has 1 amide bonds. The first-order chi connectivity index (χ1) is 14.4. The number of nitrogens with zero attached hydrogens (tertiary/aromatic N) is 3. The fourth-order valence-corrected chi connectivity index (χ4v) is 4.93. The molecule has 4 rings (SSSR count). The molecule has 0 N–H and O–H groups in total. The Morgan fingerprint density at radius 1 is 1.10 bits per heavy atom. The Bertz CT molecular complexity index is 1070. The van der Waals surface area contributed by atoms with Gasteiger partial charge >= 0.3 is 0 Å². The Balaban J connectivity index is 1.69. The number of carbonyl (C=O) groups is 1. The van der Waals surface area contributed by atoms with Crippen molar-refractivity contribution in [2.75, 3.05) is 44.3 Å². The molecular weight excluding hydrogens is 394 g/mol. The largest absolute Gasteiger partial charge is 0.379 e. The van der Waals surface area contributed by atoms with E-state index in [9.17, 15) is 4.79 Å². The summed E-state index contributed by atoms with van der Waals surface area (Å²) >= 11 is 1.60. The summed E-state index contributed by atoms with van der Waals surface area (Å²) in [7, 11) is 0. The van der Waals surface area contributed by atoms with Gasteiger partial charge in [0.15, 0.2) is 5.13 Å². The molecule has 1 aliphatic heterocycles. The van der Waals surface area contributed by atoms with Crippen LogP contribution in [0, 0.1) is 27.7 Å². The van der Waals surface area contributed by atoms with Crippen molar-refractivity contribution in [1.82, 2.24) is 9.88 Å². The van der Waals surface area contributed by atoms with Crippen molar-refractivity contribution in [3.63, 3.8) is 0 Å². The number of benzene rings is 2. The second kappa shape index (κ2) is 8.84. The Morgan fingerprint density at radius 2 is 1.87 bits per heavy atom. The van der Waals surface area contributed by atoms with Gasteiger partial charge in [0, 0.05) is 31.7 Å². The van der Waals surface area contributed by atoms with Crippen LogP contribution in [-0.2, 0) is 4.74 Å². The van der Waals surface area contributed by atoms with Gasteiger partial charge in [-0.1, -0.05) is 35.1 Å². The van der Waals surface area contributed by atoms with Gasteiger partial charge in [-0.25, -0.2) is 4.98 Å². The fourth-order valence-electron chi connectivity index (χ4n) is 3.88. The number of anilines is 1. The van der Waals surface area contributed by atoms with E-state index in [0.29, 0.717) is 6.54 Å². The minimum atomic E-state index is 0.0224. The normalized spacial score (nSPS) is 14.9. The number of ether oxygens (including phenoxy) is 1. The van der Waals surface area contributed by atoms with Crippen LogP contribution in [0.3, 0.4) is 0 Å². The molecule has 5 nitrogen and oxygen atoms in total. The maximum atomic E-state index is 13.6. The zero-order valence-corrected chi connectivity index (χ0v) is 19.0. The molecule has 30 heavy (non-hydrogen) atoms. The lowest BCUT2D eigenvalue weighted by Crippen LogP contribution is -2.43. The molecule has 0 unspecified atom stereocenters. The van der Waals surface area contributed by atoms with Gasteiger partial charge in [-0.15, -0.1) is 0 Å². The van der Waals surface area contributed by atoms with Gasteiger partial charge in [0.2, 0.25) is 0 Å². The van der Waals surface area contributed by atoms with Crippen LogP contribution in [0.2, 0.25) is 0 Å². The van der Waals surface area contributed by atoms with Gasteiger partial charge in [0.05, 0.1) is 23.4 Å². The SMILES string of the molecule is Cc1ccc(C(=O)N(CCN2CCOCC2)c2nc3c(C)c(C)ccc3s2)c(C)c1. The zero-order chi connectivity index (χ0) is 21.3. The molecule has 0 bridgehead atoms. The number of fused-ring (bicyclic) bond motifs is 1. The monoisotopic (exact) mass is 423 g/mol. The molecule has 3 aromatic rings. The smallest absolute Gasteiger partial charge is 0.260 e. The van der Waals surface area contributed by atoms with Gasteiger partial charge in [-0.3, -0.25) is 14.6 Å². The Kier molecular flexibility index (Phi) is 6.18. The number of carbonyl (C=O) groups excluding carboxylic acids is 1. The topological polar surface area (TPSA) is 45.7 Å². The van der Waals surface area contributed by atoms with E-state index in [4.69, 9.17) is 9.72 Å². The number of rotatable bonds is 5. The highest BCUT2D eigenvalue weighted by Gasteiger charge is 2.24. The molecule has 1 saturated heterocycles. The molecule has 1 aromatic heterocycles. The summed E-state index contributed by atoms with van der Waals surface area (Å²) < 4.78 is 6.59. The van der Waals surface area contributed by atoms with E-state index in [2.05, 4.69) is 43.9 Å². The first-order valence-electron chi connectivity index (χ1n) is 10.5. The van der Waals surface area contributed by atoms with Crippen LogP contribution in [0.4, 0.5) is 5.13 Å². The van der Waals surface area contributed by atoms with Gasteiger partial charge in [0.1, 0.15) is 0 Å². The Labute approximate surface area is 182 Å². The third-order valence-electron chi connectivity index (χ3n) is 5.91. The molecule has 0 radical (unpaired) electrons. The standard InChI is InChI=1S/C24H29N3O2S/c1-16-5-7-20(18(3)15-16)23(28)27(10-9-26-11-13-29-14-12-26)24-25-22-19(4)17(2)6-8-21(22)30-24/h5-8,15H,9-14H2,1-4H3. The molecule has 2 aromatic carbocycles. The van der Waals surface area contributed by atoms with Crippen LogP contribution in [-0.4, -0.2) is 55.2 Å². The first-order valence-corrected chi connectivity index (χ1v) is 11.3. The van der Waals surface area contributed by atoms with Crippen molar-refractivity contribution in [3.8, 4) is 0 Å². The first kappa shape index (κ1) is 21.0. The van der Waals surface area contributed by atoms with E-state index in [0.717, 1.165) is 64.9 Å². The van der Waals surface area contributed by atoms with Crippen LogP contribution in [0.1, 0.15) is 32.6 Å². The number of amides is 1. The summed E-state index contributed by atoms with van der Waals surface area (Å²) in [5, 5.41) is 0.775. The number of morpholine rings is 1. The third kappa shape index (κ3) is 4.26. The summed E-state index contributed by atoms with van der Waals surface area (Å²) in [5.41, 5.74) is 6.32. The molecule has 158 valence electrons. The molecule has 0 saturated carbocycles. The van der Waals surface area contributed by atoms with E-state index in [-0.39, 0.29) is 5.91 Å². The third-order valence-corrected chi connectivity index (χ3v) is 6.95. The quantitative estimate of drug-likeness (QED) is 0.606. The van der Waals surface area contributed by atoms with E-state index in [1.54, 1.807) is 11.3 Å². The molecular formula is C24H29N3O2S. The number of thiazole rings is 1. The molecule has 6 heteroatoms. The molecule has 0 atom stereocenters. The average Bonchev–Trinajstić information content (AvgIpc) is 3.16. The zero-order valence-electron chi connectivity index (χ0n) is 18.2. The van der Waals surface area contributed by atoms with Crippen LogP contribution in [0.25, 0.3) is 10.2 Å². The predicted octanol–water partition coefficient (Wildman–Crippen LogP) is 4.51. The van der Waals surface area contributed by atoms with E-state index in [1.165, 1.54) is 11.1 Å². The van der Waals surface area contributed by atoms with Crippen molar-refractivity contribution in [1.29, 1.82) is 0 Å². The maximum Gasteiger partial charge on any atom is 0.260 e. The number of aromatic nitrogens is 1. The molecule has 0 aliphatic carbocycles. The summed E-state index contributed by atoms with van der Waals surface area (Å²) in [6.07, 6.45) is 0. The lowest BCUT2D eigenvalue weighted by molar-refractivity contribution is 0.0391. The van der Waals surface area contributed by atoms with E-state index >= 15 is 0 Å². The highest BCUT2D eigenvalue weighted by Crippen LogP contribution is 2.33. The van der Waals surface area contributed by atoms with E-state index < -0.39 is 0 Å². The highest BCUT2D eigenvalue weighted by atomic mass is 32.1. The van der Waals surface area contributed by atoms with Gasteiger partial charge < -0.3 is 4.74 Å². The van der Waals surface area contributed by atoms with Crippen molar-refractivity contribution in [3.05, 3.63) is 58.1 Å². The van der Waals surface area contributed by atoms with Gasteiger partial charge in [-0.05, 0) is 56.5 Å². The molecule has 2 heterocycles. The second-order valence-electron chi connectivity index (χ2n) is 8.08. The Hall–Kier alpha value is -2.28.